The van der Waals surface area contributed by atoms with Crippen molar-refractivity contribution in [2.24, 2.45) is 0 Å². The fraction of sp³-hybridized carbons (Fsp3) is 0.188. The molecule has 0 radical (unpaired) electrons. The Labute approximate surface area is 132 Å². The van der Waals surface area contributed by atoms with Gasteiger partial charge in [-0.25, -0.2) is 0 Å². The fourth-order valence-electron chi connectivity index (χ4n) is 1.89. The topological polar surface area (TPSA) is 38.3 Å². The minimum absolute atomic E-state index is 0.0116. The zero-order chi connectivity index (χ0) is 14.5. The van der Waals surface area contributed by atoms with Crippen LogP contribution in [0.15, 0.2) is 42.5 Å². The van der Waals surface area contributed by atoms with E-state index in [1.165, 1.54) is 0 Å². The molecule has 1 N–H and O–H groups in total. The monoisotopic (exact) mass is 381 g/mol. The Kier molecular flexibility index (Phi) is 5.00. The molecule has 0 heterocycles. The molecule has 0 atom stereocenters. The van der Waals surface area contributed by atoms with Gasteiger partial charge in [0.05, 0.1) is 0 Å². The average molecular weight is 381 g/mol. The first-order chi connectivity index (χ1) is 9.56. The standard InChI is InChI=1S/C16H16INO2/c1-11-4-3-5-12(2)16(11)20-10-15(19)18-14-8-6-13(17)7-9-14/h3-9H,10H2,1-2H3,(H,18,19). The second-order valence-electron chi connectivity index (χ2n) is 4.56. The highest BCUT2D eigenvalue weighted by Gasteiger charge is 2.07. The third-order valence-electron chi connectivity index (χ3n) is 2.88. The smallest absolute Gasteiger partial charge is 0.262 e. The van der Waals surface area contributed by atoms with Crippen LogP contribution in [-0.2, 0) is 4.79 Å². The van der Waals surface area contributed by atoms with Crippen molar-refractivity contribution in [1.29, 1.82) is 0 Å². The molecular formula is C16H16INO2. The number of anilines is 1. The highest BCUT2D eigenvalue weighted by atomic mass is 127. The minimum atomic E-state index is -0.158. The summed E-state index contributed by atoms with van der Waals surface area (Å²) >= 11 is 2.22. The summed E-state index contributed by atoms with van der Waals surface area (Å²) in [5, 5.41) is 2.81. The van der Waals surface area contributed by atoms with E-state index in [0.717, 1.165) is 26.1 Å². The lowest BCUT2D eigenvalue weighted by molar-refractivity contribution is -0.118. The van der Waals surface area contributed by atoms with Crippen LogP contribution in [0.4, 0.5) is 5.69 Å². The van der Waals surface area contributed by atoms with Gasteiger partial charge in [0.25, 0.3) is 5.91 Å². The molecule has 0 saturated carbocycles. The van der Waals surface area contributed by atoms with E-state index >= 15 is 0 Å². The van der Waals surface area contributed by atoms with E-state index in [1.807, 2.05) is 56.3 Å². The maximum absolute atomic E-state index is 11.9. The van der Waals surface area contributed by atoms with Crippen molar-refractivity contribution in [3.8, 4) is 5.75 Å². The van der Waals surface area contributed by atoms with Crippen molar-refractivity contribution in [1.82, 2.24) is 0 Å². The molecule has 0 aliphatic heterocycles. The van der Waals surface area contributed by atoms with Gasteiger partial charge >= 0.3 is 0 Å². The number of carbonyl (C=O) groups is 1. The number of nitrogens with one attached hydrogen (secondary N) is 1. The number of para-hydroxylation sites is 1. The molecule has 0 aliphatic carbocycles. The third kappa shape index (κ3) is 3.96. The maximum Gasteiger partial charge on any atom is 0.262 e. The van der Waals surface area contributed by atoms with Crippen molar-refractivity contribution in [2.45, 2.75) is 13.8 Å². The van der Waals surface area contributed by atoms with Gasteiger partial charge in [-0.1, -0.05) is 18.2 Å². The zero-order valence-electron chi connectivity index (χ0n) is 11.4. The second kappa shape index (κ2) is 6.74. The first kappa shape index (κ1) is 14.8. The summed E-state index contributed by atoms with van der Waals surface area (Å²) in [6.07, 6.45) is 0. The normalized spacial score (nSPS) is 10.2. The third-order valence-corrected chi connectivity index (χ3v) is 3.60. The van der Waals surface area contributed by atoms with Crippen LogP contribution in [0.3, 0.4) is 0 Å². The summed E-state index contributed by atoms with van der Waals surface area (Å²) in [6, 6.07) is 13.6. The SMILES string of the molecule is Cc1cccc(C)c1OCC(=O)Nc1ccc(I)cc1. The number of hydrogen-bond acceptors (Lipinski definition) is 2. The molecule has 0 unspecified atom stereocenters. The van der Waals surface area contributed by atoms with E-state index in [2.05, 4.69) is 27.9 Å². The summed E-state index contributed by atoms with van der Waals surface area (Å²) in [4.78, 5) is 11.9. The van der Waals surface area contributed by atoms with E-state index in [4.69, 9.17) is 4.74 Å². The Morgan fingerprint density at radius 1 is 1.10 bits per heavy atom. The van der Waals surface area contributed by atoms with Gasteiger partial charge in [-0.2, -0.15) is 0 Å². The highest BCUT2D eigenvalue weighted by Crippen LogP contribution is 2.22. The second-order valence-corrected chi connectivity index (χ2v) is 5.81. The number of rotatable bonds is 4. The maximum atomic E-state index is 11.9. The summed E-state index contributed by atoms with van der Waals surface area (Å²) in [7, 11) is 0. The molecule has 20 heavy (non-hydrogen) atoms. The van der Waals surface area contributed by atoms with Crippen molar-refractivity contribution < 1.29 is 9.53 Å². The molecule has 0 bridgehead atoms. The number of benzene rings is 2. The quantitative estimate of drug-likeness (QED) is 0.816. The van der Waals surface area contributed by atoms with Gasteiger partial charge in [0, 0.05) is 9.26 Å². The number of carbonyl (C=O) groups excluding carboxylic acids is 1. The van der Waals surface area contributed by atoms with Crippen molar-refractivity contribution >= 4 is 34.2 Å². The van der Waals surface area contributed by atoms with Crippen molar-refractivity contribution in [3.05, 3.63) is 57.2 Å². The van der Waals surface area contributed by atoms with Gasteiger partial charge < -0.3 is 10.1 Å². The number of aryl methyl sites for hydroxylation is 2. The molecule has 1 amide bonds. The molecule has 4 heteroatoms. The summed E-state index contributed by atoms with van der Waals surface area (Å²) < 4.78 is 6.74. The largest absolute Gasteiger partial charge is 0.483 e. The molecule has 3 nitrogen and oxygen atoms in total. The Balaban J connectivity index is 1.94. The lowest BCUT2D eigenvalue weighted by Crippen LogP contribution is -2.20. The molecule has 2 rings (SSSR count). The Hall–Kier alpha value is -1.56. The van der Waals surface area contributed by atoms with E-state index in [9.17, 15) is 4.79 Å². The Morgan fingerprint density at radius 2 is 1.70 bits per heavy atom. The lowest BCUT2D eigenvalue weighted by atomic mass is 10.1. The molecule has 0 aromatic heterocycles. The summed E-state index contributed by atoms with van der Waals surface area (Å²) in [5.74, 6) is 0.624. The fourth-order valence-corrected chi connectivity index (χ4v) is 2.25. The van der Waals surface area contributed by atoms with Crippen LogP contribution in [0.5, 0.6) is 5.75 Å². The first-order valence-corrected chi connectivity index (χ1v) is 7.38. The van der Waals surface area contributed by atoms with E-state index < -0.39 is 0 Å². The molecular weight excluding hydrogens is 365 g/mol. The van der Waals surface area contributed by atoms with Gasteiger partial charge in [0.15, 0.2) is 6.61 Å². The molecule has 0 fully saturated rings. The van der Waals surface area contributed by atoms with Crippen LogP contribution < -0.4 is 10.1 Å². The van der Waals surface area contributed by atoms with Crippen molar-refractivity contribution in [3.63, 3.8) is 0 Å². The predicted octanol–water partition coefficient (Wildman–Crippen LogP) is 3.93. The van der Waals surface area contributed by atoms with Crippen LogP contribution in [0.2, 0.25) is 0 Å². The predicted molar refractivity (Wildman–Crippen MR) is 89.2 cm³/mol. The van der Waals surface area contributed by atoms with Gasteiger partial charge in [0.1, 0.15) is 5.75 Å². The Bertz CT molecular complexity index is 588. The van der Waals surface area contributed by atoms with Gasteiger partial charge in [0.2, 0.25) is 0 Å². The lowest BCUT2D eigenvalue weighted by Gasteiger charge is -2.12. The summed E-state index contributed by atoms with van der Waals surface area (Å²) in [6.45, 7) is 3.95. The number of ether oxygens (including phenoxy) is 1. The number of halogens is 1. The van der Waals surface area contributed by atoms with Crippen LogP contribution in [0, 0.1) is 17.4 Å². The molecule has 0 saturated heterocycles. The average Bonchev–Trinajstić information content (AvgIpc) is 2.41. The van der Waals surface area contributed by atoms with Crippen LogP contribution in [-0.4, -0.2) is 12.5 Å². The molecule has 2 aromatic rings. The molecule has 0 spiro atoms. The molecule has 2 aromatic carbocycles. The van der Waals surface area contributed by atoms with Crippen molar-refractivity contribution in [2.75, 3.05) is 11.9 Å². The van der Waals surface area contributed by atoms with Gasteiger partial charge in [-0.3, -0.25) is 4.79 Å². The van der Waals surface area contributed by atoms with E-state index in [0.29, 0.717) is 0 Å². The minimum Gasteiger partial charge on any atom is -0.483 e. The van der Waals surface area contributed by atoms with Crippen LogP contribution >= 0.6 is 22.6 Å². The van der Waals surface area contributed by atoms with Crippen LogP contribution in [0.1, 0.15) is 11.1 Å². The number of hydrogen-bond donors (Lipinski definition) is 1. The van der Waals surface area contributed by atoms with Gasteiger partial charge in [-0.15, -0.1) is 0 Å². The van der Waals surface area contributed by atoms with Gasteiger partial charge in [-0.05, 0) is 71.8 Å². The number of amides is 1. The zero-order valence-corrected chi connectivity index (χ0v) is 13.6. The molecule has 0 aliphatic rings. The summed E-state index contributed by atoms with van der Waals surface area (Å²) in [5.41, 5.74) is 2.85. The highest BCUT2D eigenvalue weighted by molar-refractivity contribution is 14.1. The first-order valence-electron chi connectivity index (χ1n) is 6.30. The van der Waals surface area contributed by atoms with E-state index in [-0.39, 0.29) is 12.5 Å². The molecule has 104 valence electrons. The Morgan fingerprint density at radius 3 is 2.30 bits per heavy atom. The van der Waals surface area contributed by atoms with Crippen LogP contribution in [0.25, 0.3) is 0 Å². The van der Waals surface area contributed by atoms with E-state index in [1.54, 1.807) is 0 Å².